The maximum absolute atomic E-state index is 12.2. The molecule has 2 fully saturated rings. The number of carbonyl (C=O) groups is 2. The van der Waals surface area contributed by atoms with Crippen LogP contribution in [0, 0.1) is 5.92 Å². The third-order valence-electron chi connectivity index (χ3n) is 5.43. The first-order valence-electron chi connectivity index (χ1n) is 9.37. The molecule has 0 aromatic heterocycles. The third kappa shape index (κ3) is 4.74. The number of methoxy groups -OCH3 is 1. The van der Waals surface area contributed by atoms with Crippen molar-refractivity contribution in [1.82, 2.24) is 10.2 Å². The topological polar surface area (TPSA) is 58.6 Å². The molecule has 1 aromatic rings. The largest absolute Gasteiger partial charge is 0.497 e. The number of nitrogens with one attached hydrogen (secondary N) is 1. The van der Waals surface area contributed by atoms with Crippen molar-refractivity contribution in [2.45, 2.75) is 51.0 Å². The van der Waals surface area contributed by atoms with Crippen molar-refractivity contribution in [3.8, 4) is 5.75 Å². The van der Waals surface area contributed by atoms with Crippen LogP contribution < -0.4 is 10.1 Å². The maximum Gasteiger partial charge on any atom is 0.225 e. The number of amides is 2. The molecule has 1 heterocycles. The Morgan fingerprint density at radius 1 is 1.12 bits per heavy atom. The summed E-state index contributed by atoms with van der Waals surface area (Å²) in [4.78, 5) is 26.4. The summed E-state index contributed by atoms with van der Waals surface area (Å²) in [6, 6.07) is 8.03. The average Bonchev–Trinajstić information content (AvgIpc) is 2.59. The monoisotopic (exact) mass is 344 g/mol. The van der Waals surface area contributed by atoms with E-state index in [1.54, 1.807) is 7.11 Å². The van der Waals surface area contributed by atoms with Gasteiger partial charge < -0.3 is 15.0 Å². The molecule has 1 saturated heterocycles. The van der Waals surface area contributed by atoms with Crippen molar-refractivity contribution in [2.75, 3.05) is 20.2 Å². The van der Waals surface area contributed by atoms with Crippen LogP contribution in [0.1, 0.15) is 44.1 Å². The predicted molar refractivity (Wildman–Crippen MR) is 96.4 cm³/mol. The summed E-state index contributed by atoms with van der Waals surface area (Å²) in [6.07, 6.45) is 6.26. The number of rotatable bonds is 6. The molecular weight excluding hydrogens is 316 g/mol. The van der Waals surface area contributed by atoms with Gasteiger partial charge in [0.2, 0.25) is 11.8 Å². The summed E-state index contributed by atoms with van der Waals surface area (Å²) in [7, 11) is 1.65. The van der Waals surface area contributed by atoms with Gasteiger partial charge in [-0.3, -0.25) is 9.59 Å². The summed E-state index contributed by atoms with van der Waals surface area (Å²) in [5, 5.41) is 3.13. The van der Waals surface area contributed by atoms with Gasteiger partial charge >= 0.3 is 0 Å². The first kappa shape index (κ1) is 17.8. The normalized spacial score (nSPS) is 18.5. The molecule has 0 unspecified atom stereocenters. The highest BCUT2D eigenvalue weighted by Crippen LogP contribution is 2.29. The molecule has 1 aliphatic heterocycles. The molecule has 1 saturated carbocycles. The zero-order valence-corrected chi connectivity index (χ0v) is 15.0. The molecule has 1 aromatic carbocycles. The van der Waals surface area contributed by atoms with E-state index in [2.05, 4.69) is 5.32 Å². The number of aryl methyl sites for hydroxylation is 1. The fourth-order valence-electron chi connectivity index (χ4n) is 3.51. The average molecular weight is 344 g/mol. The minimum absolute atomic E-state index is 0.0968. The van der Waals surface area contributed by atoms with Crippen LogP contribution in [0.5, 0.6) is 5.75 Å². The molecule has 5 heteroatoms. The lowest BCUT2D eigenvalue weighted by Crippen LogP contribution is -2.48. The summed E-state index contributed by atoms with van der Waals surface area (Å²) >= 11 is 0. The molecule has 1 N–H and O–H groups in total. The summed E-state index contributed by atoms with van der Waals surface area (Å²) in [5.41, 5.74) is 1.14. The van der Waals surface area contributed by atoms with Crippen LogP contribution >= 0.6 is 0 Å². The zero-order valence-electron chi connectivity index (χ0n) is 15.0. The van der Waals surface area contributed by atoms with Crippen LogP contribution in [0.4, 0.5) is 0 Å². The SMILES string of the molecule is COc1ccc(CCC(=O)NC2CCN(C(=O)C3CCC3)CC2)cc1. The second-order valence-corrected chi connectivity index (χ2v) is 7.14. The van der Waals surface area contributed by atoms with Gasteiger partial charge in [-0.05, 0) is 49.8 Å². The summed E-state index contributed by atoms with van der Waals surface area (Å²) in [5.74, 6) is 1.53. The van der Waals surface area contributed by atoms with E-state index in [4.69, 9.17) is 4.74 Å². The van der Waals surface area contributed by atoms with E-state index in [0.29, 0.717) is 12.3 Å². The van der Waals surface area contributed by atoms with Crippen molar-refractivity contribution < 1.29 is 14.3 Å². The van der Waals surface area contributed by atoms with Crippen LogP contribution in [0.25, 0.3) is 0 Å². The molecule has 2 aliphatic rings. The van der Waals surface area contributed by atoms with Gasteiger partial charge in [0.1, 0.15) is 5.75 Å². The van der Waals surface area contributed by atoms with Gasteiger partial charge in [0, 0.05) is 31.5 Å². The number of likely N-dealkylation sites (tertiary alicyclic amines) is 1. The van der Waals surface area contributed by atoms with E-state index in [1.165, 1.54) is 6.42 Å². The van der Waals surface area contributed by atoms with Gasteiger partial charge in [0.25, 0.3) is 0 Å². The molecule has 0 radical (unpaired) electrons. The lowest BCUT2D eigenvalue weighted by atomic mass is 9.84. The highest BCUT2D eigenvalue weighted by Gasteiger charge is 2.31. The van der Waals surface area contributed by atoms with Crippen LogP contribution in [0.15, 0.2) is 24.3 Å². The molecule has 1 aliphatic carbocycles. The van der Waals surface area contributed by atoms with E-state index in [9.17, 15) is 9.59 Å². The van der Waals surface area contributed by atoms with Gasteiger partial charge in [-0.15, -0.1) is 0 Å². The molecular formula is C20H28N2O3. The Hall–Kier alpha value is -2.04. The van der Waals surface area contributed by atoms with E-state index in [1.807, 2.05) is 29.2 Å². The minimum atomic E-state index is 0.0968. The van der Waals surface area contributed by atoms with E-state index >= 15 is 0 Å². The third-order valence-corrected chi connectivity index (χ3v) is 5.43. The maximum atomic E-state index is 12.2. The number of hydrogen-bond acceptors (Lipinski definition) is 3. The molecule has 0 bridgehead atoms. The van der Waals surface area contributed by atoms with Gasteiger partial charge in [-0.1, -0.05) is 18.6 Å². The number of piperidine rings is 1. The lowest BCUT2D eigenvalue weighted by molar-refractivity contribution is -0.139. The van der Waals surface area contributed by atoms with Crippen LogP contribution in [0.2, 0.25) is 0 Å². The Labute approximate surface area is 149 Å². The second kappa shape index (κ2) is 8.37. The van der Waals surface area contributed by atoms with E-state index in [0.717, 1.165) is 56.5 Å². The van der Waals surface area contributed by atoms with Crippen LogP contribution in [-0.4, -0.2) is 43.0 Å². The smallest absolute Gasteiger partial charge is 0.225 e. The van der Waals surface area contributed by atoms with Crippen molar-refractivity contribution >= 4 is 11.8 Å². The van der Waals surface area contributed by atoms with Crippen molar-refractivity contribution in [3.63, 3.8) is 0 Å². The molecule has 2 amide bonds. The van der Waals surface area contributed by atoms with Crippen molar-refractivity contribution in [1.29, 1.82) is 0 Å². The van der Waals surface area contributed by atoms with E-state index < -0.39 is 0 Å². The van der Waals surface area contributed by atoms with Crippen LogP contribution in [-0.2, 0) is 16.0 Å². The predicted octanol–water partition coefficient (Wildman–Crippen LogP) is 2.54. The molecule has 136 valence electrons. The number of carbonyl (C=O) groups excluding carboxylic acids is 2. The molecule has 3 rings (SSSR count). The Bertz CT molecular complexity index is 587. The fourth-order valence-corrected chi connectivity index (χ4v) is 3.51. The van der Waals surface area contributed by atoms with Crippen LogP contribution in [0.3, 0.4) is 0 Å². The number of nitrogens with zero attached hydrogens (tertiary/aromatic N) is 1. The van der Waals surface area contributed by atoms with Crippen molar-refractivity contribution in [3.05, 3.63) is 29.8 Å². The van der Waals surface area contributed by atoms with Gasteiger partial charge in [-0.2, -0.15) is 0 Å². The standard InChI is InChI=1S/C20H28N2O3/c1-25-18-8-5-15(6-9-18)7-10-19(23)21-17-11-13-22(14-12-17)20(24)16-3-2-4-16/h5-6,8-9,16-17H,2-4,7,10-14H2,1H3,(H,21,23). The first-order chi connectivity index (χ1) is 12.2. The molecule has 0 atom stereocenters. The number of ether oxygens (including phenoxy) is 1. The molecule has 0 spiro atoms. The second-order valence-electron chi connectivity index (χ2n) is 7.14. The highest BCUT2D eigenvalue weighted by molar-refractivity contribution is 5.80. The quantitative estimate of drug-likeness (QED) is 0.863. The number of benzene rings is 1. The Morgan fingerprint density at radius 3 is 2.36 bits per heavy atom. The van der Waals surface area contributed by atoms with Gasteiger partial charge in [0.05, 0.1) is 7.11 Å². The molecule has 25 heavy (non-hydrogen) atoms. The van der Waals surface area contributed by atoms with Gasteiger partial charge in [0.15, 0.2) is 0 Å². The minimum Gasteiger partial charge on any atom is -0.497 e. The van der Waals surface area contributed by atoms with E-state index in [-0.39, 0.29) is 17.9 Å². The Balaban J connectivity index is 1.36. The lowest BCUT2D eigenvalue weighted by Gasteiger charge is -2.36. The first-order valence-corrected chi connectivity index (χ1v) is 9.37. The fraction of sp³-hybridized carbons (Fsp3) is 0.600. The summed E-state index contributed by atoms with van der Waals surface area (Å²) in [6.45, 7) is 1.55. The molecule has 5 nitrogen and oxygen atoms in total. The Kier molecular flexibility index (Phi) is 5.95. The highest BCUT2D eigenvalue weighted by atomic mass is 16.5. The number of hydrogen-bond donors (Lipinski definition) is 1. The Morgan fingerprint density at radius 2 is 1.80 bits per heavy atom. The summed E-state index contributed by atoms with van der Waals surface area (Å²) < 4.78 is 5.14. The zero-order chi connectivity index (χ0) is 17.6. The van der Waals surface area contributed by atoms with Gasteiger partial charge in [-0.25, -0.2) is 0 Å². The van der Waals surface area contributed by atoms with Crippen molar-refractivity contribution in [2.24, 2.45) is 5.92 Å².